The quantitative estimate of drug-likeness (QED) is 0.676. The van der Waals surface area contributed by atoms with Crippen LogP contribution in [0.25, 0.3) is 0 Å². The van der Waals surface area contributed by atoms with Crippen molar-refractivity contribution in [3.8, 4) is 0 Å². The normalized spacial score (nSPS) is 26.3. The van der Waals surface area contributed by atoms with Crippen LogP contribution < -0.4 is 5.32 Å². The van der Waals surface area contributed by atoms with Crippen molar-refractivity contribution in [1.29, 1.82) is 0 Å². The Morgan fingerprint density at radius 3 is 2.57 bits per heavy atom. The van der Waals surface area contributed by atoms with Crippen molar-refractivity contribution in [2.45, 2.75) is 13.8 Å². The molecule has 0 aromatic carbocycles. The van der Waals surface area contributed by atoms with E-state index in [1.807, 2.05) is 13.8 Å². The van der Waals surface area contributed by atoms with Crippen LogP contribution in [-0.2, 0) is 4.79 Å². The van der Waals surface area contributed by atoms with E-state index in [1.165, 1.54) is 0 Å². The van der Waals surface area contributed by atoms with Gasteiger partial charge in [0.25, 0.3) is 0 Å². The third kappa shape index (κ3) is 2.16. The first kappa shape index (κ1) is 10.8. The molecule has 0 saturated carbocycles. The van der Waals surface area contributed by atoms with Gasteiger partial charge in [-0.25, -0.2) is 4.79 Å². The largest absolute Gasteiger partial charge is 0.481 e. The molecule has 14 heavy (non-hydrogen) atoms. The predicted octanol–water partition coefficient (Wildman–Crippen LogP) is 0.368. The molecule has 0 aliphatic carbocycles. The number of urea groups is 1. The molecule has 0 aromatic heterocycles. The number of amides is 2. The van der Waals surface area contributed by atoms with Crippen LogP contribution >= 0.6 is 0 Å². The Labute approximate surface area is 83.1 Å². The lowest BCUT2D eigenvalue weighted by Gasteiger charge is -2.15. The molecule has 2 N–H and O–H groups in total. The highest BCUT2D eigenvalue weighted by Crippen LogP contribution is 2.22. The number of hydrogen-bond acceptors (Lipinski definition) is 2. The van der Waals surface area contributed by atoms with Crippen LogP contribution in [0.5, 0.6) is 0 Å². The minimum absolute atomic E-state index is 0.0371. The van der Waals surface area contributed by atoms with Crippen LogP contribution in [-0.4, -0.2) is 41.6 Å². The summed E-state index contributed by atoms with van der Waals surface area (Å²) in [6.07, 6.45) is 0. The molecular formula is C9H16N2O3. The van der Waals surface area contributed by atoms with Crippen LogP contribution in [0.3, 0.4) is 0 Å². The molecule has 1 aliphatic rings. The molecule has 2 unspecified atom stereocenters. The highest BCUT2D eigenvalue weighted by molar-refractivity contribution is 5.77. The monoisotopic (exact) mass is 200 g/mol. The molecule has 1 aliphatic heterocycles. The lowest BCUT2D eigenvalue weighted by molar-refractivity contribution is -0.142. The topological polar surface area (TPSA) is 69.6 Å². The second-order valence-electron chi connectivity index (χ2n) is 3.66. The summed E-state index contributed by atoms with van der Waals surface area (Å²) in [6.45, 7) is 5.12. The van der Waals surface area contributed by atoms with E-state index in [1.54, 1.807) is 4.90 Å². The van der Waals surface area contributed by atoms with Gasteiger partial charge in [0.15, 0.2) is 0 Å². The summed E-state index contributed by atoms with van der Waals surface area (Å²) < 4.78 is 0. The van der Waals surface area contributed by atoms with Gasteiger partial charge < -0.3 is 15.3 Å². The van der Waals surface area contributed by atoms with Gasteiger partial charge in [0.1, 0.15) is 0 Å². The van der Waals surface area contributed by atoms with Crippen molar-refractivity contribution in [3.63, 3.8) is 0 Å². The molecule has 0 aromatic rings. The van der Waals surface area contributed by atoms with Crippen LogP contribution in [0, 0.1) is 11.8 Å². The van der Waals surface area contributed by atoms with E-state index in [0.717, 1.165) is 0 Å². The van der Waals surface area contributed by atoms with Gasteiger partial charge in [-0.2, -0.15) is 0 Å². The molecule has 80 valence electrons. The Morgan fingerprint density at radius 2 is 2.14 bits per heavy atom. The maximum atomic E-state index is 11.4. The molecule has 0 spiro atoms. The first-order chi connectivity index (χ1) is 6.56. The number of nitrogens with one attached hydrogen (secondary N) is 1. The van der Waals surface area contributed by atoms with E-state index in [2.05, 4.69) is 5.32 Å². The van der Waals surface area contributed by atoms with Gasteiger partial charge in [0.2, 0.25) is 0 Å². The van der Waals surface area contributed by atoms with Crippen LogP contribution in [0.2, 0.25) is 0 Å². The molecule has 1 saturated heterocycles. The summed E-state index contributed by atoms with van der Waals surface area (Å²) in [6, 6.07) is -0.164. The van der Waals surface area contributed by atoms with Crippen molar-refractivity contribution in [3.05, 3.63) is 0 Å². The number of aliphatic carboxylic acids is 1. The maximum Gasteiger partial charge on any atom is 0.317 e. The van der Waals surface area contributed by atoms with Crippen molar-refractivity contribution in [1.82, 2.24) is 10.2 Å². The van der Waals surface area contributed by atoms with E-state index in [9.17, 15) is 9.59 Å². The molecule has 0 radical (unpaired) electrons. The second-order valence-corrected chi connectivity index (χ2v) is 3.66. The van der Waals surface area contributed by atoms with Crippen LogP contribution in [0.4, 0.5) is 4.79 Å². The van der Waals surface area contributed by atoms with E-state index in [0.29, 0.717) is 19.6 Å². The summed E-state index contributed by atoms with van der Waals surface area (Å²) in [7, 11) is 0. The van der Waals surface area contributed by atoms with Crippen molar-refractivity contribution in [2.75, 3.05) is 19.6 Å². The highest BCUT2D eigenvalue weighted by atomic mass is 16.4. The minimum Gasteiger partial charge on any atom is -0.481 e. The third-order valence-electron chi connectivity index (χ3n) is 2.54. The van der Waals surface area contributed by atoms with Crippen LogP contribution in [0.15, 0.2) is 0 Å². The zero-order valence-corrected chi connectivity index (χ0v) is 8.49. The Kier molecular flexibility index (Phi) is 3.33. The van der Waals surface area contributed by atoms with Crippen molar-refractivity contribution >= 4 is 12.0 Å². The highest BCUT2D eigenvalue weighted by Gasteiger charge is 2.36. The van der Waals surface area contributed by atoms with Gasteiger partial charge in [-0.1, -0.05) is 6.92 Å². The second kappa shape index (κ2) is 4.30. The molecule has 1 heterocycles. The number of carboxylic acid groups (broad SMARTS) is 1. The van der Waals surface area contributed by atoms with Gasteiger partial charge in [-0.3, -0.25) is 4.79 Å². The molecule has 5 nitrogen and oxygen atoms in total. The molecule has 5 heteroatoms. The van der Waals surface area contributed by atoms with Gasteiger partial charge >= 0.3 is 12.0 Å². The van der Waals surface area contributed by atoms with Gasteiger partial charge in [-0.05, 0) is 12.8 Å². The molecule has 2 atom stereocenters. The van der Waals surface area contributed by atoms with E-state index in [4.69, 9.17) is 5.11 Å². The zero-order valence-electron chi connectivity index (χ0n) is 8.49. The van der Waals surface area contributed by atoms with Gasteiger partial charge in [-0.15, -0.1) is 0 Å². The first-order valence-corrected chi connectivity index (χ1v) is 4.81. The number of rotatable bonds is 2. The fraction of sp³-hybridized carbons (Fsp3) is 0.778. The van der Waals surface area contributed by atoms with E-state index >= 15 is 0 Å². The number of nitrogens with zero attached hydrogens (tertiary/aromatic N) is 1. The molecule has 1 rings (SSSR count). The van der Waals surface area contributed by atoms with E-state index in [-0.39, 0.29) is 11.9 Å². The summed E-state index contributed by atoms with van der Waals surface area (Å²) in [5.74, 6) is -1.20. The molecular weight excluding hydrogens is 184 g/mol. The minimum atomic E-state index is -0.815. The summed E-state index contributed by atoms with van der Waals surface area (Å²) >= 11 is 0. The number of likely N-dealkylation sites (tertiary alicyclic amines) is 1. The van der Waals surface area contributed by atoms with Gasteiger partial charge in [0, 0.05) is 19.6 Å². The van der Waals surface area contributed by atoms with E-state index < -0.39 is 11.9 Å². The van der Waals surface area contributed by atoms with Crippen molar-refractivity contribution in [2.24, 2.45) is 11.8 Å². The molecule has 1 fully saturated rings. The Balaban J connectivity index is 2.54. The number of carbonyl (C=O) groups excluding carboxylic acids is 1. The smallest absolute Gasteiger partial charge is 0.317 e. The summed E-state index contributed by atoms with van der Waals surface area (Å²) in [5, 5.41) is 11.5. The lowest BCUT2D eigenvalue weighted by Crippen LogP contribution is -2.38. The Hall–Kier alpha value is -1.26. The molecule has 2 amide bonds. The average Bonchev–Trinajstić information content (AvgIpc) is 2.48. The number of hydrogen-bond donors (Lipinski definition) is 2. The SMILES string of the molecule is CCNC(=O)N1CC(C)C(C(=O)O)C1. The summed E-state index contributed by atoms with van der Waals surface area (Å²) in [4.78, 5) is 23.7. The molecule has 0 bridgehead atoms. The standard InChI is InChI=1S/C9H16N2O3/c1-3-10-9(14)11-4-6(2)7(5-11)8(12)13/h6-7H,3-5H2,1-2H3,(H,10,14)(H,12,13). The fourth-order valence-corrected chi connectivity index (χ4v) is 1.72. The zero-order chi connectivity index (χ0) is 10.7. The first-order valence-electron chi connectivity index (χ1n) is 4.81. The summed E-state index contributed by atoms with van der Waals surface area (Å²) in [5.41, 5.74) is 0. The Bertz CT molecular complexity index is 242. The van der Waals surface area contributed by atoms with Crippen LogP contribution in [0.1, 0.15) is 13.8 Å². The predicted molar refractivity (Wildman–Crippen MR) is 50.9 cm³/mol. The maximum absolute atomic E-state index is 11.4. The average molecular weight is 200 g/mol. The fourth-order valence-electron chi connectivity index (χ4n) is 1.72. The number of carboxylic acids is 1. The number of carbonyl (C=O) groups is 2. The third-order valence-corrected chi connectivity index (χ3v) is 2.54. The van der Waals surface area contributed by atoms with Gasteiger partial charge in [0.05, 0.1) is 5.92 Å². The van der Waals surface area contributed by atoms with Crippen molar-refractivity contribution < 1.29 is 14.7 Å². The lowest BCUT2D eigenvalue weighted by atomic mass is 9.99. The Morgan fingerprint density at radius 1 is 1.50 bits per heavy atom.